The average molecular weight is 618 g/mol. The monoisotopic (exact) mass is 617 g/mol. The Hall–Kier alpha value is -4.60. The molecule has 0 spiro atoms. The van der Waals surface area contributed by atoms with E-state index in [0.717, 1.165) is 4.70 Å². The van der Waals surface area contributed by atoms with Crippen LogP contribution in [0.25, 0.3) is 10.2 Å². The van der Waals surface area contributed by atoms with Gasteiger partial charge in [-0.25, -0.2) is 4.98 Å². The van der Waals surface area contributed by atoms with Crippen LogP contribution in [0, 0.1) is 0 Å². The molecule has 0 aliphatic carbocycles. The van der Waals surface area contributed by atoms with Gasteiger partial charge >= 0.3 is 0 Å². The smallest absolute Gasteiger partial charge is 0.245 e. The Bertz CT molecular complexity index is 1310. The number of aliphatic imine (C=N–C) groups is 1. The summed E-state index contributed by atoms with van der Waals surface area (Å²) in [5.74, 6) is -3.48. The number of hydrogen-bond donors (Lipinski definition) is 6. The van der Waals surface area contributed by atoms with Crippen LogP contribution in [0.3, 0.4) is 0 Å². The highest BCUT2D eigenvalue weighted by atomic mass is 32.1. The van der Waals surface area contributed by atoms with Crippen LogP contribution in [-0.2, 0) is 24.0 Å². The van der Waals surface area contributed by atoms with E-state index in [1.807, 2.05) is 18.2 Å². The number of thiazole rings is 1. The lowest BCUT2D eigenvalue weighted by molar-refractivity contribution is -0.140. The molecule has 43 heavy (non-hydrogen) atoms. The number of nitrogens with one attached hydrogen (secondary N) is 3. The minimum Gasteiger partial charge on any atom is -0.370 e. The van der Waals surface area contributed by atoms with Gasteiger partial charge in [-0.3, -0.25) is 33.8 Å². The zero-order valence-electron chi connectivity index (χ0n) is 24.3. The van der Waals surface area contributed by atoms with Crippen molar-refractivity contribution in [1.82, 2.24) is 25.8 Å². The molecule has 15 nitrogen and oxygen atoms in total. The maximum Gasteiger partial charge on any atom is 0.245 e. The van der Waals surface area contributed by atoms with Crippen molar-refractivity contribution in [1.29, 1.82) is 0 Å². The number of carbonyl (C=O) groups is 6. The van der Waals surface area contributed by atoms with Crippen LogP contribution >= 0.6 is 11.3 Å². The van der Waals surface area contributed by atoms with E-state index in [2.05, 4.69) is 25.9 Å². The Kier molecular flexibility index (Phi) is 14.0. The average Bonchev–Trinajstić information content (AvgIpc) is 3.39. The molecular weight excluding hydrogens is 578 g/mol. The molecule has 1 unspecified atom stereocenters. The van der Waals surface area contributed by atoms with Crippen LogP contribution in [-0.4, -0.2) is 89.4 Å². The maximum absolute atomic E-state index is 13.5. The number of Topliss-reactive ketones (excluding diaryl/α,β-unsaturated/α-hetero) is 1. The summed E-state index contributed by atoms with van der Waals surface area (Å²) in [5.41, 5.74) is 16.7. The van der Waals surface area contributed by atoms with E-state index >= 15 is 0 Å². The quantitative estimate of drug-likeness (QED) is 0.0527. The molecular formula is C27H39N9O6S. The van der Waals surface area contributed by atoms with Crippen molar-refractivity contribution in [3.63, 3.8) is 0 Å². The second kappa shape index (κ2) is 17.4. The predicted octanol–water partition coefficient (Wildman–Crippen LogP) is -0.858. The molecule has 9 N–H and O–H groups in total. The highest BCUT2D eigenvalue weighted by Gasteiger charge is 2.30. The Balaban J connectivity index is 2.21. The number of nitrogens with zero attached hydrogens (tertiary/aromatic N) is 3. The van der Waals surface area contributed by atoms with Crippen molar-refractivity contribution < 1.29 is 28.8 Å². The van der Waals surface area contributed by atoms with Crippen LogP contribution in [0.2, 0.25) is 0 Å². The van der Waals surface area contributed by atoms with Crippen LogP contribution in [0.4, 0.5) is 0 Å². The predicted molar refractivity (Wildman–Crippen MR) is 162 cm³/mol. The van der Waals surface area contributed by atoms with Gasteiger partial charge in [0.15, 0.2) is 11.0 Å². The molecule has 1 aromatic heterocycles. The molecule has 1 aromatic carbocycles. The van der Waals surface area contributed by atoms with Crippen LogP contribution in [0.15, 0.2) is 29.3 Å². The van der Waals surface area contributed by atoms with Gasteiger partial charge in [-0.15, -0.1) is 11.3 Å². The third kappa shape index (κ3) is 12.0. The maximum atomic E-state index is 13.5. The van der Waals surface area contributed by atoms with Crippen molar-refractivity contribution in [2.75, 3.05) is 26.2 Å². The first kappa shape index (κ1) is 34.6. The Labute approximate surface area is 253 Å². The zero-order chi connectivity index (χ0) is 31.9. The standard InChI is InChI=1S/C27H39N9O6S/c1-3-13-36(26(42)19(10-11-21(28)38)34-22(39)14-32-16(2)37)15-23(40)33-18(8-6-12-31-27(29)30)24(41)25-35-17-7-4-5-9-20(17)43-25/h4-5,7,9,18-19H,3,6,8,10-15H2,1-2H3,(H2,28,38)(H,32,37)(H,33,40)(H,34,39)(H4,29,30,31)/t18?,19-/m0/s1. The second-order valence-electron chi connectivity index (χ2n) is 9.71. The number of fused-ring (bicyclic) bond motifs is 1. The molecule has 0 fully saturated rings. The SMILES string of the molecule is CCCN(CC(=O)NC(CCCN=C(N)N)C(=O)c1nc2ccccc2s1)C(=O)[C@H](CCC(N)=O)NC(=O)CNC(C)=O. The Morgan fingerprint density at radius 2 is 1.70 bits per heavy atom. The lowest BCUT2D eigenvalue weighted by atomic mass is 10.1. The number of amides is 5. The van der Waals surface area contributed by atoms with Gasteiger partial charge in [0.25, 0.3) is 0 Å². The number of primary amides is 1. The van der Waals surface area contributed by atoms with E-state index in [9.17, 15) is 28.8 Å². The Morgan fingerprint density at radius 1 is 1.00 bits per heavy atom. The summed E-state index contributed by atoms with van der Waals surface area (Å²) in [6.45, 7) is 2.64. The molecule has 5 amide bonds. The second-order valence-corrected chi connectivity index (χ2v) is 10.7. The minimum absolute atomic E-state index is 0.0955. The highest BCUT2D eigenvalue weighted by Crippen LogP contribution is 2.23. The summed E-state index contributed by atoms with van der Waals surface area (Å²) in [6, 6.07) is 5.13. The molecule has 0 radical (unpaired) electrons. The van der Waals surface area contributed by atoms with Crippen LogP contribution < -0.4 is 33.2 Å². The third-order valence-corrected chi connectivity index (χ3v) is 7.10. The molecule has 0 bridgehead atoms. The van der Waals surface area contributed by atoms with E-state index in [1.165, 1.54) is 23.2 Å². The molecule has 16 heteroatoms. The number of guanidine groups is 1. The number of rotatable bonds is 18. The minimum atomic E-state index is -1.17. The zero-order valence-corrected chi connectivity index (χ0v) is 25.1. The van der Waals surface area contributed by atoms with E-state index in [-0.39, 0.29) is 49.9 Å². The molecule has 2 aromatic rings. The molecule has 0 aliphatic heterocycles. The van der Waals surface area contributed by atoms with Gasteiger partial charge in [-0.1, -0.05) is 19.1 Å². The summed E-state index contributed by atoms with van der Waals surface area (Å²) >= 11 is 1.21. The first-order valence-electron chi connectivity index (χ1n) is 13.8. The number of carbonyl (C=O) groups excluding carboxylic acids is 6. The number of ketones is 1. The fourth-order valence-corrected chi connectivity index (χ4v) is 5.02. The number of benzene rings is 1. The summed E-state index contributed by atoms with van der Waals surface area (Å²) in [7, 11) is 0. The van der Waals surface area contributed by atoms with Crippen molar-refractivity contribution in [2.24, 2.45) is 22.2 Å². The molecule has 0 saturated heterocycles. The lowest BCUT2D eigenvalue weighted by Crippen LogP contribution is -2.54. The summed E-state index contributed by atoms with van der Waals surface area (Å²) in [6.07, 6.45) is 0.767. The van der Waals surface area contributed by atoms with Crippen molar-refractivity contribution >= 4 is 62.8 Å². The molecule has 2 atom stereocenters. The topological polar surface area (TPSA) is 245 Å². The fraction of sp³-hybridized carbons (Fsp3) is 0.481. The van der Waals surface area contributed by atoms with Crippen LogP contribution in [0.5, 0.6) is 0 Å². The van der Waals surface area contributed by atoms with E-state index in [4.69, 9.17) is 17.2 Å². The Morgan fingerprint density at radius 3 is 2.33 bits per heavy atom. The van der Waals surface area contributed by atoms with E-state index in [0.29, 0.717) is 18.4 Å². The summed E-state index contributed by atoms with van der Waals surface area (Å²) in [5, 5.41) is 7.77. The number of nitrogens with two attached hydrogens (primary N) is 3. The van der Waals surface area contributed by atoms with Gasteiger partial charge in [0.05, 0.1) is 29.3 Å². The molecule has 0 aliphatic rings. The van der Waals surface area contributed by atoms with Gasteiger partial charge in [-0.2, -0.15) is 0 Å². The highest BCUT2D eigenvalue weighted by molar-refractivity contribution is 7.20. The van der Waals surface area contributed by atoms with Gasteiger partial charge in [0, 0.05) is 26.4 Å². The summed E-state index contributed by atoms with van der Waals surface area (Å²) < 4.78 is 0.818. The van der Waals surface area contributed by atoms with Gasteiger partial charge in [0.2, 0.25) is 35.3 Å². The number of hydrogen-bond acceptors (Lipinski definition) is 9. The first-order valence-corrected chi connectivity index (χ1v) is 14.6. The van der Waals surface area contributed by atoms with Gasteiger partial charge < -0.3 is 38.1 Å². The van der Waals surface area contributed by atoms with Crippen molar-refractivity contribution in [3.05, 3.63) is 29.3 Å². The molecule has 1 heterocycles. The first-order chi connectivity index (χ1) is 20.4. The van der Waals surface area contributed by atoms with Crippen molar-refractivity contribution in [3.8, 4) is 0 Å². The van der Waals surface area contributed by atoms with Gasteiger partial charge in [0.1, 0.15) is 6.04 Å². The number of para-hydroxylation sites is 1. The third-order valence-electron chi connectivity index (χ3n) is 6.05. The van der Waals surface area contributed by atoms with Crippen LogP contribution in [0.1, 0.15) is 55.8 Å². The van der Waals surface area contributed by atoms with Crippen molar-refractivity contribution in [2.45, 2.75) is 58.0 Å². The largest absolute Gasteiger partial charge is 0.370 e. The molecule has 0 saturated carbocycles. The fourth-order valence-electron chi connectivity index (χ4n) is 4.06. The molecule has 2 rings (SSSR count). The normalized spacial score (nSPS) is 12.0. The van der Waals surface area contributed by atoms with Gasteiger partial charge in [-0.05, 0) is 37.8 Å². The molecule has 234 valence electrons. The van der Waals surface area contributed by atoms with E-state index < -0.39 is 53.9 Å². The number of aromatic nitrogens is 1. The van der Waals surface area contributed by atoms with E-state index in [1.54, 1.807) is 13.0 Å². The lowest BCUT2D eigenvalue weighted by Gasteiger charge is -2.28. The summed E-state index contributed by atoms with van der Waals surface area (Å²) in [4.78, 5) is 84.6.